The van der Waals surface area contributed by atoms with Gasteiger partial charge in [-0.2, -0.15) is 9.50 Å². The number of ether oxygens (including phenoxy) is 1. The largest absolute Gasteiger partial charge is 0.491 e. The molecule has 0 saturated heterocycles. The van der Waals surface area contributed by atoms with Crippen LogP contribution in [0.25, 0.3) is 22.4 Å². The summed E-state index contributed by atoms with van der Waals surface area (Å²) in [4.78, 5) is 17.7. The molecule has 130 valence electrons. The van der Waals surface area contributed by atoms with Crippen LogP contribution in [0.4, 0.5) is 0 Å². The summed E-state index contributed by atoms with van der Waals surface area (Å²) in [7, 11) is 0. The Labute approximate surface area is 154 Å². The van der Waals surface area contributed by atoms with Crippen LogP contribution in [0.3, 0.4) is 0 Å². The van der Waals surface area contributed by atoms with Crippen LogP contribution < -0.4 is 14.8 Å². The summed E-state index contributed by atoms with van der Waals surface area (Å²) in [6.45, 7) is 3.97. The van der Waals surface area contributed by atoms with Crippen LogP contribution in [0, 0.1) is 0 Å². The van der Waals surface area contributed by atoms with E-state index in [0.29, 0.717) is 15.3 Å². The molecular weight excluding hydrogens is 346 g/mol. The van der Waals surface area contributed by atoms with Crippen molar-refractivity contribution in [3.8, 4) is 17.1 Å². The van der Waals surface area contributed by atoms with Gasteiger partial charge in [0.1, 0.15) is 5.75 Å². The molecule has 0 spiro atoms. The molecule has 0 fully saturated rings. The number of nitrogens with zero attached hydrogens (tertiary/aromatic N) is 3. The third-order valence-corrected chi connectivity index (χ3v) is 4.72. The average molecular weight is 363 g/mol. The van der Waals surface area contributed by atoms with Crippen molar-refractivity contribution in [3.63, 3.8) is 0 Å². The van der Waals surface area contributed by atoms with Crippen LogP contribution in [-0.2, 0) is 0 Å². The highest BCUT2D eigenvalue weighted by molar-refractivity contribution is 7.15. The van der Waals surface area contributed by atoms with Crippen molar-refractivity contribution < 1.29 is 4.74 Å². The zero-order chi connectivity index (χ0) is 18.1. The van der Waals surface area contributed by atoms with Crippen LogP contribution >= 0.6 is 11.3 Å². The Morgan fingerprint density at radius 1 is 1.08 bits per heavy atom. The highest BCUT2D eigenvalue weighted by Gasteiger charge is 2.12. The molecule has 0 aliphatic carbocycles. The maximum Gasteiger partial charge on any atom is 0.291 e. The molecular formula is C20H17N3O2S. The van der Waals surface area contributed by atoms with E-state index < -0.39 is 0 Å². The lowest BCUT2D eigenvalue weighted by Gasteiger charge is -2.09. The van der Waals surface area contributed by atoms with Crippen molar-refractivity contribution in [3.05, 3.63) is 75.0 Å². The van der Waals surface area contributed by atoms with E-state index in [1.54, 1.807) is 0 Å². The van der Waals surface area contributed by atoms with Crippen molar-refractivity contribution in [1.29, 1.82) is 0 Å². The first-order valence-electron chi connectivity index (χ1n) is 8.33. The zero-order valence-electron chi connectivity index (χ0n) is 14.4. The molecule has 6 heteroatoms. The summed E-state index contributed by atoms with van der Waals surface area (Å²) >= 11 is 1.34. The molecule has 0 bridgehead atoms. The Morgan fingerprint density at radius 3 is 2.46 bits per heavy atom. The summed E-state index contributed by atoms with van der Waals surface area (Å²) in [5.41, 5.74) is 1.69. The van der Waals surface area contributed by atoms with Crippen LogP contribution in [0.1, 0.15) is 19.4 Å². The third-order valence-electron chi connectivity index (χ3n) is 3.76. The van der Waals surface area contributed by atoms with Gasteiger partial charge in [0, 0.05) is 5.56 Å². The van der Waals surface area contributed by atoms with Crippen molar-refractivity contribution in [1.82, 2.24) is 14.6 Å². The molecule has 0 N–H and O–H groups in total. The quantitative estimate of drug-likeness (QED) is 0.559. The minimum absolute atomic E-state index is 0.124. The Bertz CT molecular complexity index is 1150. The number of benzene rings is 2. The van der Waals surface area contributed by atoms with Gasteiger partial charge in [0.2, 0.25) is 4.96 Å². The lowest BCUT2D eigenvalue weighted by molar-refractivity contribution is 0.242. The van der Waals surface area contributed by atoms with Crippen LogP contribution in [0.15, 0.2) is 59.4 Å². The Balaban J connectivity index is 1.69. The maximum atomic E-state index is 12.6. The smallest absolute Gasteiger partial charge is 0.291 e. The second kappa shape index (κ2) is 6.72. The average Bonchev–Trinajstić information content (AvgIpc) is 3.16. The first-order chi connectivity index (χ1) is 12.6. The van der Waals surface area contributed by atoms with E-state index in [4.69, 9.17) is 4.74 Å². The third kappa shape index (κ3) is 3.23. The summed E-state index contributed by atoms with van der Waals surface area (Å²) in [5.74, 6) is 1.34. The molecule has 2 heterocycles. The van der Waals surface area contributed by atoms with E-state index in [-0.39, 0.29) is 11.7 Å². The van der Waals surface area contributed by atoms with E-state index in [0.717, 1.165) is 16.9 Å². The van der Waals surface area contributed by atoms with Crippen molar-refractivity contribution in [2.45, 2.75) is 20.0 Å². The molecule has 0 unspecified atom stereocenters. The normalized spacial score (nSPS) is 12.2. The molecule has 0 saturated carbocycles. The highest BCUT2D eigenvalue weighted by atomic mass is 32.1. The molecule has 0 radical (unpaired) electrons. The van der Waals surface area contributed by atoms with E-state index in [1.165, 1.54) is 15.9 Å². The number of fused-ring (bicyclic) bond motifs is 1. The van der Waals surface area contributed by atoms with Gasteiger partial charge in [-0.1, -0.05) is 41.7 Å². The molecule has 0 aliphatic heterocycles. The van der Waals surface area contributed by atoms with Gasteiger partial charge in [-0.25, -0.2) is 0 Å². The molecule has 2 aromatic carbocycles. The molecule has 2 aromatic heterocycles. The number of aromatic nitrogens is 3. The second-order valence-electron chi connectivity index (χ2n) is 6.15. The van der Waals surface area contributed by atoms with E-state index in [1.807, 2.05) is 74.5 Å². The highest BCUT2D eigenvalue weighted by Crippen LogP contribution is 2.21. The Kier molecular flexibility index (Phi) is 4.26. The lowest BCUT2D eigenvalue weighted by Crippen LogP contribution is -2.23. The van der Waals surface area contributed by atoms with Crippen LogP contribution in [0.2, 0.25) is 0 Å². The number of thiazole rings is 1. The minimum Gasteiger partial charge on any atom is -0.491 e. The predicted molar refractivity (Wildman–Crippen MR) is 104 cm³/mol. The summed E-state index contributed by atoms with van der Waals surface area (Å²) in [5, 5.41) is 4.38. The fourth-order valence-electron chi connectivity index (χ4n) is 2.61. The number of hydrogen-bond donors (Lipinski definition) is 0. The molecule has 26 heavy (non-hydrogen) atoms. The molecule has 5 nitrogen and oxygen atoms in total. The van der Waals surface area contributed by atoms with Crippen molar-refractivity contribution in [2.24, 2.45) is 0 Å². The van der Waals surface area contributed by atoms with Gasteiger partial charge in [0.15, 0.2) is 5.82 Å². The molecule has 4 rings (SSSR count). The van der Waals surface area contributed by atoms with Gasteiger partial charge in [-0.3, -0.25) is 4.79 Å². The monoisotopic (exact) mass is 363 g/mol. The maximum absolute atomic E-state index is 12.6. The van der Waals surface area contributed by atoms with E-state index >= 15 is 0 Å². The Hall–Kier alpha value is -2.99. The second-order valence-corrected chi connectivity index (χ2v) is 7.16. The molecule has 4 aromatic rings. The fourth-order valence-corrected chi connectivity index (χ4v) is 3.52. The Morgan fingerprint density at radius 2 is 1.81 bits per heavy atom. The topological polar surface area (TPSA) is 56.5 Å². The molecule has 0 atom stereocenters. The molecule has 0 aliphatic rings. The first-order valence-corrected chi connectivity index (χ1v) is 9.15. The van der Waals surface area contributed by atoms with Crippen LogP contribution in [0.5, 0.6) is 5.75 Å². The van der Waals surface area contributed by atoms with E-state index in [2.05, 4.69) is 10.1 Å². The van der Waals surface area contributed by atoms with Crippen molar-refractivity contribution in [2.75, 3.05) is 0 Å². The summed E-state index contributed by atoms with van der Waals surface area (Å²) < 4.78 is 7.63. The predicted octanol–water partition coefficient (Wildman–Crippen LogP) is 3.15. The minimum atomic E-state index is -0.146. The first kappa shape index (κ1) is 16.5. The van der Waals surface area contributed by atoms with Crippen LogP contribution in [-0.4, -0.2) is 20.7 Å². The van der Waals surface area contributed by atoms with Gasteiger partial charge in [0.05, 0.1) is 10.6 Å². The van der Waals surface area contributed by atoms with Crippen molar-refractivity contribution >= 4 is 22.4 Å². The zero-order valence-corrected chi connectivity index (χ0v) is 15.2. The van der Waals surface area contributed by atoms with Gasteiger partial charge in [-0.05, 0) is 49.8 Å². The number of rotatable bonds is 4. The lowest BCUT2D eigenvalue weighted by atomic mass is 10.2. The number of hydrogen-bond acceptors (Lipinski definition) is 5. The molecule has 0 amide bonds. The van der Waals surface area contributed by atoms with Gasteiger partial charge < -0.3 is 4.74 Å². The fraction of sp³-hybridized carbons (Fsp3) is 0.150. The van der Waals surface area contributed by atoms with E-state index in [9.17, 15) is 4.79 Å². The van der Waals surface area contributed by atoms with Gasteiger partial charge >= 0.3 is 0 Å². The van der Waals surface area contributed by atoms with Gasteiger partial charge in [0.25, 0.3) is 5.56 Å². The standard InChI is InChI=1S/C20H17N3O2S/c1-13(2)25-16-10-8-15(9-11-16)18-21-20-23(22-18)19(24)17(26-20)12-14-6-4-3-5-7-14/h3-13H,1-2H3. The summed E-state index contributed by atoms with van der Waals surface area (Å²) in [6.07, 6.45) is 1.99. The summed E-state index contributed by atoms with van der Waals surface area (Å²) in [6, 6.07) is 17.3. The van der Waals surface area contributed by atoms with Gasteiger partial charge in [-0.15, -0.1) is 5.10 Å². The SMILES string of the molecule is CC(C)Oc1ccc(-c2nc3sc(=Cc4ccccc4)c(=O)n3n2)cc1.